The largest absolute Gasteiger partial charge is 0.790 e. The molecule has 0 aromatic carbocycles. The monoisotopic (exact) mass is 831 g/mol. The number of carbonyl (C=O) groups excluding carboxylic acids is 3. The summed E-state index contributed by atoms with van der Waals surface area (Å²) in [5.41, 5.74) is 4.06. The number of nitrogens with one attached hydrogen (secondary N) is 2. The molecule has 3 heterocycles. The zero-order valence-corrected chi connectivity index (χ0v) is 31.4. The van der Waals surface area contributed by atoms with E-state index in [2.05, 4.69) is 50.0 Å². The maximum Gasteiger partial charge on any atom is 0.274 e. The number of fused-ring (bicyclic) bond motifs is 1. The smallest absolute Gasteiger partial charge is 0.274 e. The van der Waals surface area contributed by atoms with Crippen molar-refractivity contribution < 1.29 is 80.5 Å². The van der Waals surface area contributed by atoms with Gasteiger partial charge in [0, 0.05) is 37.1 Å². The van der Waals surface area contributed by atoms with Crippen molar-refractivity contribution in [2.45, 2.75) is 57.3 Å². The quantitative estimate of drug-likeness (QED) is 0.0467. The van der Waals surface area contributed by atoms with Crippen LogP contribution in [-0.4, -0.2) is 103 Å². The minimum atomic E-state index is -5.91. The summed E-state index contributed by atoms with van der Waals surface area (Å²) < 4.78 is 60.3. The van der Waals surface area contributed by atoms with E-state index in [4.69, 9.17) is 10.5 Å². The number of aliphatic hydroxyl groups is 2. The zero-order chi connectivity index (χ0) is 39.8. The second kappa shape index (κ2) is 18.8. The zero-order valence-electron chi connectivity index (χ0n) is 27.9. The lowest BCUT2D eigenvalue weighted by atomic mass is 9.87. The molecule has 3 rings (SSSR count). The number of allylic oxidation sites excluding steroid dienone is 1. The van der Waals surface area contributed by atoms with Gasteiger partial charge in [0.2, 0.25) is 11.8 Å². The van der Waals surface area contributed by atoms with Gasteiger partial charge in [-0.25, -0.2) is 19.3 Å². The summed E-state index contributed by atoms with van der Waals surface area (Å²) in [6, 6.07) is 0. The van der Waals surface area contributed by atoms with Crippen LogP contribution in [-0.2, 0) is 50.7 Å². The van der Waals surface area contributed by atoms with Crippen molar-refractivity contribution in [1.29, 1.82) is 0 Å². The number of aliphatic hydroxyl groups excluding tert-OH is 2. The highest BCUT2D eigenvalue weighted by atomic mass is 32.2. The first-order valence-electron chi connectivity index (χ1n) is 15.1. The number of phosphoric acid groups is 3. The van der Waals surface area contributed by atoms with E-state index in [1.807, 2.05) is 0 Å². The number of rotatable bonds is 21. The summed E-state index contributed by atoms with van der Waals surface area (Å²) in [6.07, 6.45) is -5.95. The number of thioether (sulfide) groups is 1. The molecule has 7 unspecified atom stereocenters. The van der Waals surface area contributed by atoms with E-state index >= 15 is 0 Å². The number of hydrogen-bond donors (Lipinski definition) is 5. The lowest BCUT2D eigenvalue weighted by Crippen LogP contribution is -2.46. The third-order valence-corrected chi connectivity index (χ3v) is 11.0. The minimum absolute atomic E-state index is 0.0224. The molecule has 2 amide bonds. The van der Waals surface area contributed by atoms with Gasteiger partial charge in [0.05, 0.1) is 27.4 Å². The van der Waals surface area contributed by atoms with Crippen LogP contribution in [0.1, 0.15) is 32.9 Å². The van der Waals surface area contributed by atoms with Gasteiger partial charge in [0.15, 0.2) is 22.8 Å². The Labute approximate surface area is 305 Å². The van der Waals surface area contributed by atoms with Crippen molar-refractivity contribution >= 4 is 69.1 Å². The number of ether oxygens (including phenoxy) is 1. The minimum Gasteiger partial charge on any atom is -0.790 e. The Balaban J connectivity index is 1.52. The SMILES string of the molecule is C=CCC(=O)SCCNC(=O)CCNC(=O)C(O)C(C)(C)COP(=O)([O-])OP(=O)([O-])OCC1OC(n2cnc3c(N)ncnc32)C(O)C1OP(=O)([O-])[O-]. The summed E-state index contributed by atoms with van der Waals surface area (Å²) in [5.74, 6) is -1.24. The van der Waals surface area contributed by atoms with Crippen molar-refractivity contribution in [1.82, 2.24) is 30.2 Å². The number of nitrogens with two attached hydrogens (primary N) is 1. The highest BCUT2D eigenvalue weighted by Gasteiger charge is 2.47. The molecule has 24 nitrogen and oxygen atoms in total. The fourth-order valence-corrected chi connectivity index (χ4v) is 7.85. The Morgan fingerprint density at radius 3 is 2.47 bits per heavy atom. The summed E-state index contributed by atoms with van der Waals surface area (Å²) in [6.45, 7) is 3.52. The van der Waals surface area contributed by atoms with Gasteiger partial charge in [0.1, 0.15) is 36.3 Å². The van der Waals surface area contributed by atoms with Crippen LogP contribution in [0.2, 0.25) is 0 Å². The average molecular weight is 832 g/mol. The summed E-state index contributed by atoms with van der Waals surface area (Å²) in [7, 11) is -17.6. The molecule has 28 heteroatoms. The summed E-state index contributed by atoms with van der Waals surface area (Å²) in [5, 5.41) is 25.9. The molecule has 2 aromatic rings. The van der Waals surface area contributed by atoms with Crippen LogP contribution in [0.3, 0.4) is 0 Å². The van der Waals surface area contributed by atoms with Crippen molar-refractivity contribution in [2.24, 2.45) is 5.41 Å². The van der Waals surface area contributed by atoms with Gasteiger partial charge in [-0.3, -0.25) is 28.1 Å². The summed E-state index contributed by atoms with van der Waals surface area (Å²) in [4.78, 5) is 95.1. The van der Waals surface area contributed by atoms with Gasteiger partial charge in [-0.15, -0.1) is 6.58 Å². The number of hydrogen-bond acceptors (Lipinski definition) is 22. The predicted molar refractivity (Wildman–Crippen MR) is 173 cm³/mol. The molecule has 1 fully saturated rings. The van der Waals surface area contributed by atoms with Gasteiger partial charge in [0.25, 0.3) is 15.6 Å². The van der Waals surface area contributed by atoms with Crippen molar-refractivity contribution in [2.75, 3.05) is 37.8 Å². The fourth-order valence-electron chi connectivity index (χ4n) is 4.45. The number of amides is 2. The molecular weight excluding hydrogens is 795 g/mol. The van der Waals surface area contributed by atoms with Crippen LogP contribution in [0, 0.1) is 5.41 Å². The third kappa shape index (κ3) is 13.5. The highest BCUT2D eigenvalue weighted by molar-refractivity contribution is 8.13. The number of imidazole rings is 1. The fraction of sp³-hybridized carbons (Fsp3) is 0.600. The normalized spacial score (nSPS) is 22.1. The van der Waals surface area contributed by atoms with E-state index in [0.717, 1.165) is 29.0 Å². The lowest BCUT2D eigenvalue weighted by molar-refractivity contribution is -0.347. The number of aromatic nitrogens is 4. The van der Waals surface area contributed by atoms with Crippen LogP contribution >= 0.6 is 35.2 Å². The van der Waals surface area contributed by atoms with E-state index in [1.165, 1.54) is 19.9 Å². The van der Waals surface area contributed by atoms with E-state index in [-0.39, 0.29) is 48.0 Å². The van der Waals surface area contributed by atoms with Crippen molar-refractivity contribution in [3.8, 4) is 0 Å². The van der Waals surface area contributed by atoms with Crippen LogP contribution in [0.25, 0.3) is 11.2 Å². The van der Waals surface area contributed by atoms with E-state index < -0.39 is 84.6 Å². The number of nitrogen functional groups attached to an aromatic ring is 1. The van der Waals surface area contributed by atoms with Crippen LogP contribution in [0.5, 0.6) is 0 Å². The first-order valence-corrected chi connectivity index (χ1v) is 20.5. The molecule has 6 N–H and O–H groups in total. The topological polar surface area (TPSA) is 375 Å². The Bertz CT molecular complexity index is 1780. The van der Waals surface area contributed by atoms with Gasteiger partial charge in [-0.2, -0.15) is 0 Å². The molecule has 0 radical (unpaired) electrons. The molecular formula is C25H36N7O17P3S-4. The number of carbonyl (C=O) groups is 3. The molecule has 0 bridgehead atoms. The molecule has 2 aromatic heterocycles. The van der Waals surface area contributed by atoms with Crippen molar-refractivity contribution in [3.63, 3.8) is 0 Å². The second-order valence-corrected chi connectivity index (χ2v) is 16.9. The third-order valence-electron chi connectivity index (χ3n) is 7.05. The number of nitrogens with zero attached hydrogens (tertiary/aromatic N) is 4. The molecule has 0 spiro atoms. The standard InChI is InChI=1S/C25H40N7O17P3S/c1-4-5-16(34)53-9-8-27-15(33)6-7-28-23(37)20(36)25(2,3)11-46-52(43,44)49-51(41,42)45-10-14-19(48-50(38,39)40)18(35)24(47-14)32-13-31-17-21(26)29-12-30-22(17)32/h4,12-14,18-20,24,35-36H,1,5-11H2,2-3H3,(H,27,33)(H,28,37)(H,41,42)(H,43,44)(H2,26,29,30)(H2,38,39,40)/p-4. The van der Waals surface area contributed by atoms with Crippen LogP contribution in [0.4, 0.5) is 5.82 Å². The first kappa shape index (κ1) is 44.7. The maximum absolute atomic E-state index is 12.5. The van der Waals surface area contributed by atoms with E-state index in [1.54, 1.807) is 0 Å². The number of anilines is 1. The van der Waals surface area contributed by atoms with Crippen molar-refractivity contribution in [3.05, 3.63) is 25.3 Å². The van der Waals surface area contributed by atoms with Gasteiger partial charge in [-0.1, -0.05) is 31.7 Å². The highest BCUT2D eigenvalue weighted by Crippen LogP contribution is 2.56. The Hall–Kier alpha value is -2.70. The Kier molecular flexibility index (Phi) is 15.8. The maximum atomic E-state index is 12.5. The van der Waals surface area contributed by atoms with Crippen LogP contribution < -0.4 is 35.9 Å². The van der Waals surface area contributed by atoms with Gasteiger partial charge in [-0.05, 0) is 0 Å². The van der Waals surface area contributed by atoms with E-state index in [9.17, 15) is 57.9 Å². The molecule has 1 aliphatic heterocycles. The van der Waals surface area contributed by atoms with Gasteiger partial charge < -0.3 is 69.0 Å². The molecule has 298 valence electrons. The molecule has 0 aliphatic carbocycles. The van der Waals surface area contributed by atoms with E-state index in [0.29, 0.717) is 5.75 Å². The molecule has 0 saturated carbocycles. The van der Waals surface area contributed by atoms with Crippen LogP contribution in [0.15, 0.2) is 25.3 Å². The van der Waals surface area contributed by atoms with Gasteiger partial charge >= 0.3 is 0 Å². The predicted octanol–water partition coefficient (Wildman–Crippen LogP) is -3.29. The molecule has 1 aliphatic rings. The lowest BCUT2D eigenvalue weighted by Gasteiger charge is -2.36. The molecule has 53 heavy (non-hydrogen) atoms. The Morgan fingerprint density at radius 2 is 1.81 bits per heavy atom. The number of phosphoric ester groups is 3. The molecule has 1 saturated heterocycles. The second-order valence-electron chi connectivity index (χ2n) is 11.7. The Morgan fingerprint density at radius 1 is 1.13 bits per heavy atom. The summed E-state index contributed by atoms with van der Waals surface area (Å²) >= 11 is 1.01. The first-order chi connectivity index (χ1) is 24.6. The average Bonchev–Trinajstić information content (AvgIpc) is 3.61. The molecule has 7 atom stereocenters.